The van der Waals surface area contributed by atoms with Crippen molar-refractivity contribution in [3.63, 3.8) is 0 Å². The predicted molar refractivity (Wildman–Crippen MR) is 155 cm³/mol. The lowest BCUT2D eigenvalue weighted by Crippen LogP contribution is -2.45. The van der Waals surface area contributed by atoms with Crippen LogP contribution >= 0.6 is 0 Å². The molecule has 1 N–H and O–H groups in total. The zero-order valence-electron chi connectivity index (χ0n) is 24.7. The highest BCUT2D eigenvalue weighted by molar-refractivity contribution is 5.98. The van der Waals surface area contributed by atoms with Crippen LogP contribution < -0.4 is 0 Å². The number of hydrogen-bond acceptors (Lipinski definition) is 7. The molecule has 0 bridgehead atoms. The van der Waals surface area contributed by atoms with Gasteiger partial charge in [0.05, 0.1) is 23.6 Å². The van der Waals surface area contributed by atoms with Crippen LogP contribution in [0.1, 0.15) is 80.2 Å². The van der Waals surface area contributed by atoms with Crippen molar-refractivity contribution in [3.8, 4) is 11.1 Å². The second kappa shape index (κ2) is 12.6. The van der Waals surface area contributed by atoms with E-state index in [1.807, 2.05) is 68.7 Å². The van der Waals surface area contributed by atoms with Gasteiger partial charge in [-0.05, 0) is 50.5 Å². The van der Waals surface area contributed by atoms with Gasteiger partial charge in [0.2, 0.25) is 5.91 Å². The molecule has 0 radical (unpaired) electrons. The first-order chi connectivity index (χ1) is 19.9. The third kappa shape index (κ3) is 6.70. The van der Waals surface area contributed by atoms with Gasteiger partial charge >= 0.3 is 17.9 Å². The Bertz CT molecular complexity index is 1480. The maximum absolute atomic E-state index is 13.0. The van der Waals surface area contributed by atoms with Crippen LogP contribution in [-0.4, -0.2) is 62.1 Å². The molecule has 0 spiro atoms. The number of carboxylic acids is 1. The maximum Gasteiger partial charge on any atom is 0.339 e. The van der Waals surface area contributed by atoms with Crippen LogP contribution in [0.25, 0.3) is 11.1 Å². The van der Waals surface area contributed by atoms with E-state index in [0.717, 1.165) is 16.7 Å². The third-order valence-electron chi connectivity index (χ3n) is 6.95. The fourth-order valence-corrected chi connectivity index (χ4v) is 5.18. The minimum Gasteiger partial charge on any atom is -0.479 e. The number of carbonyl (C=O) groups excluding carboxylic acids is 3. The minimum atomic E-state index is -1.27. The molecular weight excluding hydrogens is 538 g/mol. The quantitative estimate of drug-likeness (QED) is 0.290. The van der Waals surface area contributed by atoms with Crippen LogP contribution in [0.3, 0.4) is 0 Å². The maximum atomic E-state index is 13.0. The Kier molecular flexibility index (Phi) is 9.14. The van der Waals surface area contributed by atoms with Gasteiger partial charge < -0.3 is 24.0 Å². The van der Waals surface area contributed by atoms with E-state index < -0.39 is 41.9 Å². The average Bonchev–Trinajstić information content (AvgIpc) is 3.29. The second-order valence-electron chi connectivity index (χ2n) is 11.1. The summed E-state index contributed by atoms with van der Waals surface area (Å²) < 4.78 is 12.4. The molecule has 0 saturated heterocycles. The number of ether oxygens (including phenoxy) is 2. The van der Waals surface area contributed by atoms with Gasteiger partial charge in [0.1, 0.15) is 17.8 Å². The molecule has 1 aliphatic heterocycles. The predicted octanol–water partition coefficient (Wildman–Crippen LogP) is 4.58. The zero-order valence-corrected chi connectivity index (χ0v) is 24.7. The van der Waals surface area contributed by atoms with E-state index >= 15 is 0 Å². The summed E-state index contributed by atoms with van der Waals surface area (Å²) in [5.41, 5.74) is 3.40. The molecule has 0 saturated carbocycles. The first kappa shape index (κ1) is 30.5. The summed E-state index contributed by atoms with van der Waals surface area (Å²) in [5.74, 6) is -2.16. The van der Waals surface area contributed by atoms with E-state index in [4.69, 9.17) is 14.5 Å². The number of aliphatic carboxylic acids is 1. The Morgan fingerprint density at radius 2 is 1.71 bits per heavy atom. The van der Waals surface area contributed by atoms with Crippen molar-refractivity contribution in [2.75, 3.05) is 13.2 Å². The van der Waals surface area contributed by atoms with Crippen LogP contribution in [0.15, 0.2) is 48.5 Å². The largest absolute Gasteiger partial charge is 0.479 e. The van der Waals surface area contributed by atoms with E-state index in [9.17, 15) is 24.3 Å². The third-order valence-corrected chi connectivity index (χ3v) is 6.95. The highest BCUT2D eigenvalue weighted by atomic mass is 16.6. The Balaban J connectivity index is 1.64. The SMILES string of the molecule is CCOC(=O)CC(=O)N1CCc2nc(CC)n(Cc3ccc(-c4ccccc4C(=O)OC(C)(C)C)cc3)c2C1C(=O)O. The number of carbonyl (C=O) groups is 4. The molecule has 0 fully saturated rings. The molecule has 1 atom stereocenters. The monoisotopic (exact) mass is 575 g/mol. The Morgan fingerprint density at radius 1 is 1.02 bits per heavy atom. The van der Waals surface area contributed by atoms with E-state index in [1.165, 1.54) is 4.90 Å². The number of esters is 2. The average molecular weight is 576 g/mol. The fraction of sp³-hybridized carbons (Fsp3) is 0.406. The first-order valence-electron chi connectivity index (χ1n) is 14.1. The van der Waals surface area contributed by atoms with Gasteiger partial charge in [-0.15, -0.1) is 0 Å². The van der Waals surface area contributed by atoms with Crippen LogP contribution in [-0.2, 0) is 43.2 Å². The molecule has 10 nitrogen and oxygen atoms in total. The van der Waals surface area contributed by atoms with E-state index in [2.05, 4.69) is 0 Å². The van der Waals surface area contributed by atoms with Gasteiger partial charge in [0, 0.05) is 25.9 Å². The molecular formula is C32H37N3O7. The number of carboxylic acid groups (broad SMARTS) is 1. The number of rotatable bonds is 9. The Labute approximate surface area is 245 Å². The summed E-state index contributed by atoms with van der Waals surface area (Å²) in [6, 6.07) is 13.7. The lowest BCUT2D eigenvalue weighted by atomic mass is 9.98. The molecule has 222 valence electrons. The zero-order chi connectivity index (χ0) is 30.6. The highest BCUT2D eigenvalue weighted by Gasteiger charge is 2.40. The summed E-state index contributed by atoms with van der Waals surface area (Å²) in [4.78, 5) is 56.3. The number of aromatic nitrogens is 2. The normalized spacial score (nSPS) is 14.7. The molecule has 1 aliphatic rings. The Morgan fingerprint density at radius 3 is 2.33 bits per heavy atom. The highest BCUT2D eigenvalue weighted by Crippen LogP contribution is 2.33. The molecule has 42 heavy (non-hydrogen) atoms. The number of fused-ring (bicyclic) bond motifs is 1. The molecule has 1 amide bonds. The molecule has 10 heteroatoms. The van der Waals surface area contributed by atoms with Crippen molar-refractivity contribution in [1.29, 1.82) is 0 Å². The van der Waals surface area contributed by atoms with Gasteiger partial charge in [-0.2, -0.15) is 0 Å². The van der Waals surface area contributed by atoms with Crippen LogP contribution in [0, 0.1) is 0 Å². The molecule has 2 aromatic carbocycles. The standard InChI is InChI=1S/C32H37N3O7/c1-6-25-33-24-16-17-34(26(36)18-27(37)41-7-2)29(30(38)39)28(24)35(25)19-20-12-14-21(15-13-20)22-10-8-9-11-23(22)31(40)42-32(3,4)5/h8-15,29H,6-7,16-19H2,1-5H3,(H,38,39). The van der Waals surface area contributed by atoms with E-state index in [0.29, 0.717) is 42.2 Å². The molecule has 0 aliphatic carbocycles. The number of nitrogens with zero attached hydrogens (tertiary/aromatic N) is 3. The fourth-order valence-electron chi connectivity index (χ4n) is 5.18. The van der Waals surface area contributed by atoms with Crippen LogP contribution in [0.5, 0.6) is 0 Å². The van der Waals surface area contributed by atoms with Crippen LogP contribution in [0.4, 0.5) is 0 Å². The summed E-state index contributed by atoms with van der Waals surface area (Å²) in [5, 5.41) is 10.2. The molecule has 2 heterocycles. The van der Waals surface area contributed by atoms with Gasteiger partial charge in [0.25, 0.3) is 0 Å². The first-order valence-corrected chi connectivity index (χ1v) is 14.1. The van der Waals surface area contributed by atoms with Crippen LogP contribution in [0.2, 0.25) is 0 Å². The number of imidazole rings is 1. The van der Waals surface area contributed by atoms with Gasteiger partial charge in [-0.25, -0.2) is 14.6 Å². The summed E-state index contributed by atoms with van der Waals surface area (Å²) in [6.45, 7) is 9.69. The van der Waals surface area contributed by atoms with Gasteiger partial charge in [-0.3, -0.25) is 9.59 Å². The second-order valence-corrected chi connectivity index (χ2v) is 11.1. The van der Waals surface area contributed by atoms with Crippen molar-refractivity contribution in [2.45, 2.75) is 72.1 Å². The molecule has 3 aromatic rings. The lowest BCUT2D eigenvalue weighted by molar-refractivity contribution is -0.156. The molecule has 1 unspecified atom stereocenters. The summed E-state index contributed by atoms with van der Waals surface area (Å²) in [7, 11) is 0. The minimum absolute atomic E-state index is 0.136. The summed E-state index contributed by atoms with van der Waals surface area (Å²) in [6.07, 6.45) is 0.430. The van der Waals surface area contributed by atoms with Gasteiger partial charge in [0.15, 0.2) is 6.04 Å². The number of amides is 1. The topological polar surface area (TPSA) is 128 Å². The van der Waals surface area contributed by atoms with Crippen molar-refractivity contribution in [1.82, 2.24) is 14.5 Å². The van der Waals surface area contributed by atoms with Crippen molar-refractivity contribution in [2.24, 2.45) is 0 Å². The number of aryl methyl sites for hydroxylation is 1. The van der Waals surface area contributed by atoms with E-state index in [1.54, 1.807) is 19.1 Å². The van der Waals surface area contributed by atoms with Crippen molar-refractivity contribution < 1.29 is 33.8 Å². The molecule has 1 aromatic heterocycles. The number of hydrogen-bond donors (Lipinski definition) is 1. The summed E-state index contributed by atoms with van der Waals surface area (Å²) >= 11 is 0. The number of benzene rings is 2. The molecule has 4 rings (SSSR count). The smallest absolute Gasteiger partial charge is 0.339 e. The Hall–Kier alpha value is -4.47. The van der Waals surface area contributed by atoms with Crippen molar-refractivity contribution in [3.05, 3.63) is 76.9 Å². The lowest BCUT2D eigenvalue weighted by Gasteiger charge is -2.33. The van der Waals surface area contributed by atoms with Crippen molar-refractivity contribution >= 4 is 23.8 Å². The van der Waals surface area contributed by atoms with E-state index in [-0.39, 0.29) is 13.2 Å². The van der Waals surface area contributed by atoms with Gasteiger partial charge in [-0.1, -0.05) is 49.4 Å².